The summed E-state index contributed by atoms with van der Waals surface area (Å²) in [6.45, 7) is 7.23. The zero-order valence-corrected chi connectivity index (χ0v) is 11.6. The molecule has 1 N–H and O–H groups in total. The molecule has 19 heavy (non-hydrogen) atoms. The van der Waals surface area contributed by atoms with Gasteiger partial charge in [-0.1, -0.05) is 13.8 Å². The molecule has 2 rings (SSSR count). The third kappa shape index (κ3) is 3.71. The van der Waals surface area contributed by atoms with E-state index in [0.29, 0.717) is 17.4 Å². The minimum absolute atomic E-state index is 0.555. The molecule has 0 bridgehead atoms. The van der Waals surface area contributed by atoms with E-state index in [4.69, 9.17) is 0 Å². The minimum Gasteiger partial charge on any atom is -0.370 e. The van der Waals surface area contributed by atoms with E-state index in [2.05, 4.69) is 39.1 Å². The number of nitrogens with zero attached hydrogens (tertiary/aromatic N) is 4. The maximum absolute atomic E-state index is 4.57. The average molecular weight is 257 g/mol. The predicted molar refractivity (Wildman–Crippen MR) is 75.8 cm³/mol. The van der Waals surface area contributed by atoms with E-state index in [0.717, 1.165) is 24.5 Å². The fourth-order valence-corrected chi connectivity index (χ4v) is 1.82. The predicted octanol–water partition coefficient (Wildman–Crippen LogP) is 2.56. The Morgan fingerprint density at radius 1 is 1.21 bits per heavy atom. The molecular formula is C14H19N5. The van der Waals surface area contributed by atoms with Gasteiger partial charge in [-0.3, -0.25) is 4.98 Å². The standard InChI is InChI=1S/C14H19N5/c1-4-16-13-8-11(7-10(2)3)18-14(19-13)12-9-15-5-6-17-12/h5-6,8-10H,4,7H2,1-3H3,(H,16,18,19). The first-order valence-electron chi connectivity index (χ1n) is 6.57. The van der Waals surface area contributed by atoms with Crippen LogP contribution in [0.5, 0.6) is 0 Å². The molecule has 0 atom stereocenters. The largest absolute Gasteiger partial charge is 0.370 e. The molecule has 0 aliphatic carbocycles. The van der Waals surface area contributed by atoms with Crippen molar-refractivity contribution in [2.75, 3.05) is 11.9 Å². The molecule has 0 spiro atoms. The van der Waals surface area contributed by atoms with Gasteiger partial charge in [0, 0.05) is 30.7 Å². The molecule has 0 aromatic carbocycles. The normalized spacial score (nSPS) is 10.7. The van der Waals surface area contributed by atoms with E-state index < -0.39 is 0 Å². The van der Waals surface area contributed by atoms with Crippen molar-refractivity contribution in [3.05, 3.63) is 30.4 Å². The molecule has 0 saturated heterocycles. The zero-order valence-electron chi connectivity index (χ0n) is 11.6. The van der Waals surface area contributed by atoms with E-state index in [9.17, 15) is 0 Å². The van der Waals surface area contributed by atoms with Crippen LogP contribution in [0.25, 0.3) is 11.5 Å². The summed E-state index contributed by atoms with van der Waals surface area (Å²) in [6, 6.07) is 2.00. The summed E-state index contributed by atoms with van der Waals surface area (Å²) < 4.78 is 0. The number of nitrogens with one attached hydrogen (secondary N) is 1. The molecule has 0 saturated carbocycles. The molecule has 0 radical (unpaired) electrons. The van der Waals surface area contributed by atoms with Crippen LogP contribution in [0.4, 0.5) is 5.82 Å². The van der Waals surface area contributed by atoms with Crippen molar-refractivity contribution < 1.29 is 0 Å². The van der Waals surface area contributed by atoms with Crippen molar-refractivity contribution in [3.8, 4) is 11.5 Å². The van der Waals surface area contributed by atoms with Crippen molar-refractivity contribution >= 4 is 5.82 Å². The summed E-state index contributed by atoms with van der Waals surface area (Å²) >= 11 is 0. The SMILES string of the molecule is CCNc1cc(CC(C)C)nc(-c2cnccn2)n1. The van der Waals surface area contributed by atoms with Crippen LogP contribution in [0.15, 0.2) is 24.7 Å². The van der Waals surface area contributed by atoms with Crippen molar-refractivity contribution in [1.29, 1.82) is 0 Å². The van der Waals surface area contributed by atoms with Crippen LogP contribution >= 0.6 is 0 Å². The van der Waals surface area contributed by atoms with Gasteiger partial charge >= 0.3 is 0 Å². The van der Waals surface area contributed by atoms with Crippen molar-refractivity contribution in [3.63, 3.8) is 0 Å². The second-order valence-electron chi connectivity index (χ2n) is 4.79. The van der Waals surface area contributed by atoms with Crippen LogP contribution in [-0.2, 0) is 6.42 Å². The number of hydrogen-bond acceptors (Lipinski definition) is 5. The van der Waals surface area contributed by atoms with Crippen LogP contribution in [0.1, 0.15) is 26.5 Å². The first kappa shape index (κ1) is 13.4. The smallest absolute Gasteiger partial charge is 0.182 e. The Bertz CT molecular complexity index is 525. The van der Waals surface area contributed by atoms with Crippen LogP contribution in [0.3, 0.4) is 0 Å². The molecule has 5 heteroatoms. The highest BCUT2D eigenvalue weighted by molar-refractivity contribution is 5.51. The van der Waals surface area contributed by atoms with E-state index in [1.165, 1.54) is 0 Å². The fraction of sp³-hybridized carbons (Fsp3) is 0.429. The Kier molecular flexibility index (Phi) is 4.39. The first-order chi connectivity index (χ1) is 9.19. The summed E-state index contributed by atoms with van der Waals surface area (Å²) in [5.74, 6) is 2.02. The lowest BCUT2D eigenvalue weighted by Crippen LogP contribution is -2.06. The Balaban J connectivity index is 2.39. The van der Waals surface area contributed by atoms with Crippen LogP contribution in [0, 0.1) is 5.92 Å². The van der Waals surface area contributed by atoms with Gasteiger partial charge in [-0.25, -0.2) is 15.0 Å². The van der Waals surface area contributed by atoms with Crippen molar-refractivity contribution in [2.24, 2.45) is 5.92 Å². The van der Waals surface area contributed by atoms with Crippen molar-refractivity contribution in [1.82, 2.24) is 19.9 Å². The first-order valence-corrected chi connectivity index (χ1v) is 6.57. The molecule has 0 aliphatic rings. The van der Waals surface area contributed by atoms with E-state index in [1.807, 2.05) is 13.0 Å². The summed E-state index contributed by atoms with van der Waals surface area (Å²) in [5.41, 5.74) is 1.73. The number of anilines is 1. The topological polar surface area (TPSA) is 63.6 Å². The molecule has 0 aliphatic heterocycles. The van der Waals surface area contributed by atoms with E-state index in [-0.39, 0.29) is 0 Å². The third-order valence-corrected chi connectivity index (χ3v) is 2.55. The maximum atomic E-state index is 4.57. The fourth-order valence-electron chi connectivity index (χ4n) is 1.82. The van der Waals surface area contributed by atoms with Gasteiger partial charge < -0.3 is 5.32 Å². The second-order valence-corrected chi connectivity index (χ2v) is 4.79. The Morgan fingerprint density at radius 3 is 2.68 bits per heavy atom. The van der Waals surface area contributed by atoms with Crippen LogP contribution in [0.2, 0.25) is 0 Å². The molecule has 0 unspecified atom stereocenters. The highest BCUT2D eigenvalue weighted by Gasteiger charge is 2.09. The summed E-state index contributed by atoms with van der Waals surface area (Å²) in [5, 5.41) is 3.23. The Morgan fingerprint density at radius 2 is 2.05 bits per heavy atom. The second kappa shape index (κ2) is 6.22. The minimum atomic E-state index is 0.555. The van der Waals surface area contributed by atoms with Crippen LogP contribution in [-0.4, -0.2) is 26.5 Å². The van der Waals surface area contributed by atoms with Gasteiger partial charge in [0.1, 0.15) is 11.5 Å². The zero-order chi connectivity index (χ0) is 13.7. The van der Waals surface area contributed by atoms with Gasteiger partial charge in [-0.2, -0.15) is 0 Å². The molecule has 0 fully saturated rings. The van der Waals surface area contributed by atoms with Gasteiger partial charge in [0.05, 0.1) is 6.20 Å². The molecule has 5 nitrogen and oxygen atoms in total. The Hall–Kier alpha value is -2.04. The van der Waals surface area contributed by atoms with Gasteiger partial charge in [-0.05, 0) is 19.3 Å². The van der Waals surface area contributed by atoms with Gasteiger partial charge in [0.15, 0.2) is 5.82 Å². The molecule has 2 heterocycles. The monoisotopic (exact) mass is 257 g/mol. The molecule has 2 aromatic heterocycles. The highest BCUT2D eigenvalue weighted by atomic mass is 15.0. The molecular weight excluding hydrogens is 238 g/mol. The van der Waals surface area contributed by atoms with Gasteiger partial charge in [0.2, 0.25) is 0 Å². The summed E-state index contributed by atoms with van der Waals surface area (Å²) in [6.07, 6.45) is 5.91. The number of rotatable bonds is 5. The lowest BCUT2D eigenvalue weighted by molar-refractivity contribution is 0.634. The lowest BCUT2D eigenvalue weighted by Gasteiger charge is -2.09. The molecule has 0 amide bonds. The van der Waals surface area contributed by atoms with Crippen molar-refractivity contribution in [2.45, 2.75) is 27.2 Å². The van der Waals surface area contributed by atoms with Gasteiger partial charge in [0.25, 0.3) is 0 Å². The lowest BCUT2D eigenvalue weighted by atomic mass is 10.1. The Labute approximate surface area is 113 Å². The van der Waals surface area contributed by atoms with E-state index in [1.54, 1.807) is 18.6 Å². The molecule has 2 aromatic rings. The highest BCUT2D eigenvalue weighted by Crippen LogP contribution is 2.17. The summed E-state index contributed by atoms with van der Waals surface area (Å²) in [4.78, 5) is 17.4. The average Bonchev–Trinajstić information content (AvgIpc) is 2.39. The maximum Gasteiger partial charge on any atom is 0.182 e. The van der Waals surface area contributed by atoms with Crippen LogP contribution < -0.4 is 5.32 Å². The quantitative estimate of drug-likeness (QED) is 0.891. The third-order valence-electron chi connectivity index (χ3n) is 2.55. The summed E-state index contributed by atoms with van der Waals surface area (Å²) in [7, 11) is 0. The number of hydrogen-bond donors (Lipinski definition) is 1. The number of aromatic nitrogens is 4. The molecule has 100 valence electrons. The van der Waals surface area contributed by atoms with E-state index >= 15 is 0 Å². The van der Waals surface area contributed by atoms with Gasteiger partial charge in [-0.15, -0.1) is 0 Å².